The zero-order valence-corrected chi connectivity index (χ0v) is 16.4. The lowest BCUT2D eigenvalue weighted by molar-refractivity contribution is -0.141. The highest BCUT2D eigenvalue weighted by atomic mass is 19.4. The Bertz CT molecular complexity index is 931. The van der Waals surface area contributed by atoms with E-state index in [0.29, 0.717) is 0 Å². The van der Waals surface area contributed by atoms with Crippen LogP contribution in [0.2, 0.25) is 0 Å². The van der Waals surface area contributed by atoms with Gasteiger partial charge in [-0.25, -0.2) is 14.2 Å². The first-order valence-corrected chi connectivity index (χ1v) is 9.29. The third-order valence-electron chi connectivity index (χ3n) is 4.87. The third kappa shape index (κ3) is 4.74. The van der Waals surface area contributed by atoms with E-state index in [9.17, 15) is 27.2 Å². The van der Waals surface area contributed by atoms with Crippen LogP contribution in [0.3, 0.4) is 0 Å². The molecule has 1 atom stereocenters. The van der Waals surface area contributed by atoms with Gasteiger partial charge in [0.2, 0.25) is 0 Å². The molecular weight excluding hydrogens is 404 g/mol. The van der Waals surface area contributed by atoms with E-state index in [1.54, 1.807) is 0 Å². The first-order chi connectivity index (χ1) is 14.1. The Morgan fingerprint density at radius 1 is 1.23 bits per heavy atom. The zero-order chi connectivity index (χ0) is 22.1. The molecule has 160 valence electrons. The second kappa shape index (κ2) is 8.37. The number of hydrogen-bond acceptors (Lipinski definition) is 4. The number of Topliss-reactive ketones (excluding diaryl/α,β-unsaturated/α-hetero) is 1. The first-order valence-electron chi connectivity index (χ1n) is 9.29. The van der Waals surface area contributed by atoms with Gasteiger partial charge < -0.3 is 4.90 Å². The van der Waals surface area contributed by atoms with E-state index in [1.165, 1.54) is 28.1 Å². The fourth-order valence-electron chi connectivity index (χ4n) is 3.34. The van der Waals surface area contributed by atoms with Gasteiger partial charge in [-0.2, -0.15) is 13.2 Å². The SMILES string of the molecule is CC(C)[C@H]1CN(c2ccc(C(F)(F)F)nc2)C(=O)N1CC(=O)Cc1cc(F)ccn1. The molecule has 6 nitrogen and oxygen atoms in total. The summed E-state index contributed by atoms with van der Waals surface area (Å²) < 4.78 is 51.5. The molecule has 0 radical (unpaired) electrons. The summed E-state index contributed by atoms with van der Waals surface area (Å²) in [5.41, 5.74) is -0.565. The Morgan fingerprint density at radius 3 is 2.53 bits per heavy atom. The normalized spacial score (nSPS) is 17.2. The fraction of sp³-hybridized carbons (Fsp3) is 0.400. The fourth-order valence-corrected chi connectivity index (χ4v) is 3.34. The number of nitrogens with zero attached hydrogens (tertiary/aromatic N) is 4. The van der Waals surface area contributed by atoms with Crippen LogP contribution in [-0.2, 0) is 17.4 Å². The zero-order valence-electron chi connectivity index (χ0n) is 16.4. The van der Waals surface area contributed by atoms with Crippen LogP contribution in [0.1, 0.15) is 25.2 Å². The van der Waals surface area contributed by atoms with Crippen molar-refractivity contribution in [2.24, 2.45) is 5.92 Å². The van der Waals surface area contributed by atoms with E-state index >= 15 is 0 Å². The number of ketones is 1. The van der Waals surface area contributed by atoms with Gasteiger partial charge in [-0.15, -0.1) is 0 Å². The minimum Gasteiger partial charge on any atom is -0.312 e. The van der Waals surface area contributed by atoms with Gasteiger partial charge in [0.25, 0.3) is 0 Å². The lowest BCUT2D eigenvalue weighted by atomic mass is 10.0. The Kier molecular flexibility index (Phi) is 6.04. The summed E-state index contributed by atoms with van der Waals surface area (Å²) in [7, 11) is 0. The molecule has 1 aliphatic rings. The van der Waals surface area contributed by atoms with Crippen LogP contribution in [0, 0.1) is 11.7 Å². The summed E-state index contributed by atoms with van der Waals surface area (Å²) in [6.07, 6.45) is -2.44. The van der Waals surface area contributed by atoms with Gasteiger partial charge in [0.1, 0.15) is 11.5 Å². The van der Waals surface area contributed by atoms with E-state index in [-0.39, 0.29) is 48.6 Å². The second-order valence-electron chi connectivity index (χ2n) is 7.41. The molecule has 1 fully saturated rings. The summed E-state index contributed by atoms with van der Waals surface area (Å²) in [6.45, 7) is 3.79. The molecule has 0 bridgehead atoms. The minimum atomic E-state index is -4.57. The smallest absolute Gasteiger partial charge is 0.312 e. The molecule has 1 aliphatic heterocycles. The van der Waals surface area contributed by atoms with E-state index < -0.39 is 23.7 Å². The summed E-state index contributed by atoms with van der Waals surface area (Å²) in [4.78, 5) is 35.4. The van der Waals surface area contributed by atoms with Crippen molar-refractivity contribution in [1.82, 2.24) is 14.9 Å². The number of halogens is 4. The van der Waals surface area contributed by atoms with Crippen LogP contribution >= 0.6 is 0 Å². The van der Waals surface area contributed by atoms with Crippen molar-refractivity contribution in [1.29, 1.82) is 0 Å². The van der Waals surface area contributed by atoms with Gasteiger partial charge in [-0.1, -0.05) is 13.8 Å². The molecule has 10 heteroatoms. The number of hydrogen-bond donors (Lipinski definition) is 0. The van der Waals surface area contributed by atoms with Gasteiger partial charge in [-0.05, 0) is 30.2 Å². The standard InChI is InChI=1S/C20H20F4N4O2/c1-12(2)17-11-27(15-3-4-18(26-9-15)20(22,23)24)19(30)28(17)10-16(29)8-14-7-13(21)5-6-25-14/h3-7,9,12,17H,8,10-11H2,1-2H3/t17-/m1/s1. The topological polar surface area (TPSA) is 66.4 Å². The van der Waals surface area contributed by atoms with Crippen molar-refractivity contribution in [3.63, 3.8) is 0 Å². The number of anilines is 1. The third-order valence-corrected chi connectivity index (χ3v) is 4.87. The first kappa shape index (κ1) is 21.7. The monoisotopic (exact) mass is 424 g/mol. The summed E-state index contributed by atoms with van der Waals surface area (Å²) >= 11 is 0. The van der Waals surface area contributed by atoms with Gasteiger partial charge in [0.05, 0.1) is 36.6 Å². The quantitative estimate of drug-likeness (QED) is 0.663. The lowest BCUT2D eigenvalue weighted by Crippen LogP contribution is -2.41. The number of carbonyl (C=O) groups excluding carboxylic acids is 2. The number of amides is 2. The van der Waals surface area contributed by atoms with Crippen molar-refractivity contribution < 1.29 is 27.2 Å². The molecule has 0 spiro atoms. The van der Waals surface area contributed by atoms with E-state index in [4.69, 9.17) is 0 Å². The van der Waals surface area contributed by atoms with Gasteiger partial charge in [-0.3, -0.25) is 14.7 Å². The van der Waals surface area contributed by atoms with Crippen LogP contribution in [0.4, 0.5) is 28.0 Å². The van der Waals surface area contributed by atoms with Crippen molar-refractivity contribution >= 4 is 17.5 Å². The Morgan fingerprint density at radius 2 is 1.97 bits per heavy atom. The average Bonchev–Trinajstić information content (AvgIpc) is 2.98. The Labute approximate surface area is 170 Å². The minimum absolute atomic E-state index is 0.00134. The predicted molar refractivity (Wildman–Crippen MR) is 100 cm³/mol. The van der Waals surface area contributed by atoms with Crippen LogP contribution in [-0.4, -0.2) is 45.8 Å². The molecule has 30 heavy (non-hydrogen) atoms. The molecule has 0 aliphatic carbocycles. The van der Waals surface area contributed by atoms with Gasteiger partial charge in [0, 0.05) is 12.7 Å². The Balaban J connectivity index is 1.75. The van der Waals surface area contributed by atoms with Gasteiger partial charge in [0.15, 0.2) is 5.78 Å². The molecule has 2 amide bonds. The summed E-state index contributed by atoms with van der Waals surface area (Å²) in [6, 6.07) is 3.52. The highest BCUT2D eigenvalue weighted by Crippen LogP contribution is 2.31. The lowest BCUT2D eigenvalue weighted by Gasteiger charge is -2.25. The van der Waals surface area contributed by atoms with Gasteiger partial charge >= 0.3 is 12.2 Å². The molecule has 1 saturated heterocycles. The van der Waals surface area contributed by atoms with Crippen molar-refractivity contribution in [2.75, 3.05) is 18.0 Å². The number of rotatable bonds is 6. The maximum Gasteiger partial charge on any atom is 0.433 e. The molecule has 0 aromatic carbocycles. The number of alkyl halides is 3. The summed E-state index contributed by atoms with van der Waals surface area (Å²) in [5.74, 6) is -0.827. The van der Waals surface area contributed by atoms with Crippen LogP contribution in [0.5, 0.6) is 0 Å². The number of urea groups is 1. The molecule has 0 saturated carbocycles. The van der Waals surface area contributed by atoms with Crippen molar-refractivity contribution in [3.8, 4) is 0 Å². The number of carbonyl (C=O) groups is 2. The van der Waals surface area contributed by atoms with Crippen molar-refractivity contribution in [2.45, 2.75) is 32.5 Å². The van der Waals surface area contributed by atoms with E-state index in [0.717, 1.165) is 18.3 Å². The highest BCUT2D eigenvalue weighted by molar-refractivity contribution is 5.97. The maximum absolute atomic E-state index is 13.3. The van der Waals surface area contributed by atoms with Crippen LogP contribution < -0.4 is 4.90 Å². The average molecular weight is 424 g/mol. The molecule has 0 N–H and O–H groups in total. The number of pyridine rings is 2. The molecule has 3 heterocycles. The van der Waals surface area contributed by atoms with Crippen LogP contribution in [0.25, 0.3) is 0 Å². The van der Waals surface area contributed by atoms with Crippen LogP contribution in [0.15, 0.2) is 36.7 Å². The molecular formula is C20H20F4N4O2. The second-order valence-corrected chi connectivity index (χ2v) is 7.41. The number of aromatic nitrogens is 2. The van der Waals surface area contributed by atoms with E-state index in [2.05, 4.69) is 9.97 Å². The molecule has 0 unspecified atom stereocenters. The summed E-state index contributed by atoms with van der Waals surface area (Å²) in [5, 5.41) is 0. The molecule has 2 aromatic heterocycles. The predicted octanol–water partition coefficient (Wildman–Crippen LogP) is 3.71. The largest absolute Gasteiger partial charge is 0.433 e. The molecule has 2 aromatic rings. The highest BCUT2D eigenvalue weighted by Gasteiger charge is 2.41. The van der Waals surface area contributed by atoms with E-state index in [1.807, 2.05) is 13.8 Å². The van der Waals surface area contributed by atoms with Crippen molar-refractivity contribution in [3.05, 3.63) is 53.9 Å². The molecule has 3 rings (SSSR count). The maximum atomic E-state index is 13.3. The Hall–Kier alpha value is -3.04.